The number of aromatic nitrogens is 4. The lowest BCUT2D eigenvalue weighted by Gasteiger charge is -2.11. The number of benzene rings is 3. The first kappa shape index (κ1) is 63.8. The van der Waals surface area contributed by atoms with Crippen molar-refractivity contribution < 1.29 is 43.0 Å². The maximum Gasteiger partial charge on any atom is 0.350 e. The van der Waals surface area contributed by atoms with Gasteiger partial charge in [0.15, 0.2) is 5.57 Å². The topological polar surface area (TPSA) is 290 Å². The molecule has 2 heterocycles. The molecule has 80 heavy (non-hydrogen) atoms. The van der Waals surface area contributed by atoms with Gasteiger partial charge in [-0.05, 0) is 158 Å². The number of ether oxygens (including phenoxy) is 3. The van der Waals surface area contributed by atoms with Gasteiger partial charge in [0.2, 0.25) is 0 Å². The number of hydrogen-bond acceptors (Lipinski definition) is 19. The number of nitrogens with two attached hydrogens (primary N) is 2. The number of nitrogens with zero attached hydrogens (tertiary/aromatic N) is 5. The minimum atomic E-state index is -0.538. The van der Waals surface area contributed by atoms with Crippen molar-refractivity contribution in [1.82, 2.24) is 35.5 Å². The predicted molar refractivity (Wildman–Crippen MR) is 319 cm³/mol. The number of aryl methyl sites for hydroxylation is 3. The van der Waals surface area contributed by atoms with Crippen molar-refractivity contribution in [3.05, 3.63) is 109 Å². The third-order valence-electron chi connectivity index (χ3n) is 12.2. The van der Waals surface area contributed by atoms with E-state index in [1.165, 1.54) is 56.4 Å². The SMILES string of the molecule is CCOC(=O)C(C#N)=C(SC)SC.CCOC(=O)c1c(SC)nn(-c2cc(C(=O)NC3CC3)ccc2C)c1N.CCOC(=O)c1c(SC)nn(-c2cc(C(=O)NC3CC3)ccc2C)c1N.CNc1cc(C(=O)NC2CC2)ccc1C. The minimum Gasteiger partial charge on any atom is -0.462 e. The van der Waals surface area contributed by atoms with Crippen LogP contribution in [0.2, 0.25) is 0 Å². The number of anilines is 3. The van der Waals surface area contributed by atoms with E-state index >= 15 is 0 Å². The summed E-state index contributed by atoms with van der Waals surface area (Å²) in [6.45, 7) is 11.8. The molecule has 0 unspecified atom stereocenters. The van der Waals surface area contributed by atoms with E-state index in [1.807, 2.05) is 89.2 Å². The zero-order chi connectivity index (χ0) is 58.8. The number of amides is 3. The normalized spacial score (nSPS) is 13.0. The molecular weight excluding hydrogens is 1100 g/mol. The van der Waals surface area contributed by atoms with Crippen LogP contribution in [0.5, 0.6) is 0 Å². The van der Waals surface area contributed by atoms with Crippen LogP contribution in [0.4, 0.5) is 17.3 Å². The second-order valence-electron chi connectivity index (χ2n) is 18.2. The van der Waals surface area contributed by atoms with Crippen molar-refractivity contribution in [3.8, 4) is 17.4 Å². The molecule has 3 amide bonds. The van der Waals surface area contributed by atoms with Crippen molar-refractivity contribution in [1.29, 1.82) is 5.26 Å². The monoisotopic (exact) mass is 1170 g/mol. The highest BCUT2D eigenvalue weighted by Crippen LogP contribution is 2.33. The molecule has 24 heteroatoms. The van der Waals surface area contributed by atoms with E-state index in [2.05, 4.69) is 31.5 Å². The van der Waals surface area contributed by atoms with Gasteiger partial charge in [-0.25, -0.2) is 23.7 Å². The largest absolute Gasteiger partial charge is 0.462 e. The van der Waals surface area contributed by atoms with Crippen LogP contribution in [-0.2, 0) is 19.0 Å². The number of esters is 3. The summed E-state index contributed by atoms with van der Waals surface area (Å²) in [4.78, 5) is 72.1. The van der Waals surface area contributed by atoms with Crippen molar-refractivity contribution in [3.63, 3.8) is 0 Å². The van der Waals surface area contributed by atoms with Crippen LogP contribution in [0.3, 0.4) is 0 Å². The second kappa shape index (κ2) is 30.5. The van der Waals surface area contributed by atoms with Crippen molar-refractivity contribution in [2.75, 3.05) is 68.7 Å². The van der Waals surface area contributed by atoms with Crippen LogP contribution in [0.25, 0.3) is 11.4 Å². The molecule has 0 saturated heterocycles. The highest BCUT2D eigenvalue weighted by atomic mass is 32.2. The fourth-order valence-electron chi connectivity index (χ4n) is 7.41. The average molecular weight is 1170 g/mol. The smallest absolute Gasteiger partial charge is 0.350 e. The fourth-order valence-corrected chi connectivity index (χ4v) is 9.85. The van der Waals surface area contributed by atoms with Crippen LogP contribution < -0.4 is 32.7 Å². The number of carbonyl (C=O) groups excluding carboxylic acids is 6. The minimum absolute atomic E-state index is 0.0361. The molecule has 8 rings (SSSR count). The Morgan fingerprint density at radius 3 is 1.27 bits per heavy atom. The number of rotatable bonds is 19. The molecule has 0 aliphatic heterocycles. The maximum atomic E-state index is 12.3. The third kappa shape index (κ3) is 17.2. The van der Waals surface area contributed by atoms with Crippen LogP contribution in [0.15, 0.2) is 74.5 Å². The molecule has 3 fully saturated rings. The summed E-state index contributed by atoms with van der Waals surface area (Å²) in [7, 11) is 1.87. The summed E-state index contributed by atoms with van der Waals surface area (Å²) in [5, 5.41) is 30.6. The quantitative estimate of drug-likeness (QED) is 0.0148. The average Bonchev–Trinajstić information content (AvgIpc) is 4.39. The number of thioether (sulfide) groups is 4. The van der Waals surface area contributed by atoms with Crippen LogP contribution in [-0.4, -0.2) is 125 Å². The molecule has 428 valence electrons. The van der Waals surface area contributed by atoms with E-state index in [-0.39, 0.29) is 71.4 Å². The summed E-state index contributed by atoms with van der Waals surface area (Å²) >= 11 is 5.39. The van der Waals surface area contributed by atoms with E-state index < -0.39 is 17.9 Å². The van der Waals surface area contributed by atoms with Gasteiger partial charge in [0.05, 0.1) is 35.4 Å². The molecule has 3 saturated carbocycles. The summed E-state index contributed by atoms with van der Waals surface area (Å²) in [6, 6.07) is 19.3. The van der Waals surface area contributed by atoms with Gasteiger partial charge in [-0.2, -0.15) is 15.5 Å². The molecule has 5 aromatic rings. The molecule has 0 radical (unpaired) electrons. The lowest BCUT2D eigenvalue weighted by Crippen LogP contribution is -2.25. The highest BCUT2D eigenvalue weighted by molar-refractivity contribution is 8.21. The molecule has 0 bridgehead atoms. The van der Waals surface area contributed by atoms with Gasteiger partial charge >= 0.3 is 17.9 Å². The van der Waals surface area contributed by atoms with Gasteiger partial charge in [0.25, 0.3) is 17.7 Å². The van der Waals surface area contributed by atoms with E-state index in [0.29, 0.717) is 49.4 Å². The van der Waals surface area contributed by atoms with Crippen LogP contribution in [0.1, 0.15) is 128 Å². The molecule has 8 N–H and O–H groups in total. The first-order valence-corrected chi connectivity index (χ1v) is 30.7. The van der Waals surface area contributed by atoms with Gasteiger partial charge in [-0.3, -0.25) is 14.4 Å². The molecule has 0 atom stereocenters. The second-order valence-corrected chi connectivity index (χ2v) is 21.7. The Balaban J connectivity index is 0.000000205. The van der Waals surface area contributed by atoms with E-state index in [9.17, 15) is 28.8 Å². The summed E-state index contributed by atoms with van der Waals surface area (Å²) in [5.74, 6) is -1.32. The van der Waals surface area contributed by atoms with Gasteiger partial charge in [0, 0.05) is 47.6 Å². The van der Waals surface area contributed by atoms with Gasteiger partial charge in [-0.15, -0.1) is 47.0 Å². The maximum absolute atomic E-state index is 12.3. The zero-order valence-corrected chi connectivity index (χ0v) is 50.3. The van der Waals surface area contributed by atoms with Gasteiger partial charge < -0.3 is 46.9 Å². The molecule has 3 aromatic carbocycles. The zero-order valence-electron chi connectivity index (χ0n) is 47.0. The molecule has 20 nitrogen and oxygen atoms in total. The number of nitriles is 1. The van der Waals surface area contributed by atoms with E-state index in [4.69, 9.17) is 30.9 Å². The number of carbonyl (C=O) groups is 6. The Labute approximate surface area is 484 Å². The Morgan fingerprint density at radius 1 is 0.600 bits per heavy atom. The Morgan fingerprint density at radius 2 is 0.963 bits per heavy atom. The Hall–Kier alpha value is -7.07. The lowest BCUT2D eigenvalue weighted by molar-refractivity contribution is -0.138. The molecule has 2 aromatic heterocycles. The van der Waals surface area contributed by atoms with Gasteiger partial charge in [0.1, 0.15) is 38.9 Å². The third-order valence-corrected chi connectivity index (χ3v) is 15.7. The van der Waals surface area contributed by atoms with E-state index in [0.717, 1.165) is 66.5 Å². The number of nitrogen functional groups attached to an aromatic ring is 2. The van der Waals surface area contributed by atoms with Crippen LogP contribution >= 0.6 is 47.0 Å². The Kier molecular flexibility index (Phi) is 24.3. The standard InChI is InChI=1S/2C18H22N4O3S.C12H16N2O.C8H11NO2S2/c2*1-4-25-18(24)14-15(19)22(21-17(14)26-3)13-9-11(6-5-10(13)2)16(23)20-12-7-8-12;1-8-3-4-9(7-11(8)13-2)12(15)14-10-5-6-10;1-4-11-7(10)6(5-9)8(12-2)13-3/h2*5-6,9,12H,4,7-8,19H2,1-3H3,(H,20,23);3-4,7,10,13H,5-6H2,1-2H3,(H,14,15);4H2,1-3H3. The first-order valence-electron chi connectivity index (χ1n) is 25.8. The van der Waals surface area contributed by atoms with Crippen LogP contribution in [0, 0.1) is 32.1 Å². The Bertz CT molecular complexity index is 2990. The summed E-state index contributed by atoms with van der Waals surface area (Å²) in [6.07, 6.45) is 13.6. The molecule has 3 aliphatic rings. The number of nitrogens with one attached hydrogen (secondary N) is 4. The summed E-state index contributed by atoms with van der Waals surface area (Å²) < 4.78 is 18.6. The van der Waals surface area contributed by atoms with Crippen molar-refractivity contribution in [2.24, 2.45) is 0 Å². The first-order chi connectivity index (χ1) is 38.3. The van der Waals surface area contributed by atoms with Crippen molar-refractivity contribution >= 4 is 100 Å². The van der Waals surface area contributed by atoms with Crippen molar-refractivity contribution in [2.45, 2.75) is 108 Å². The summed E-state index contributed by atoms with van der Waals surface area (Å²) in [5.41, 5.74) is 20.1. The molecule has 3 aliphatic carbocycles. The van der Waals surface area contributed by atoms with E-state index in [1.54, 1.807) is 45.0 Å². The predicted octanol–water partition coefficient (Wildman–Crippen LogP) is 9.05. The lowest BCUT2D eigenvalue weighted by atomic mass is 10.1. The van der Waals surface area contributed by atoms with Gasteiger partial charge in [-0.1, -0.05) is 18.2 Å². The molecule has 0 spiro atoms. The fraction of sp³-hybridized carbons (Fsp3) is 0.411. The number of hydrogen-bond donors (Lipinski definition) is 6. The molecular formula is C56H71N11O9S4. The highest BCUT2D eigenvalue weighted by Gasteiger charge is 2.29.